The number of aromatic nitrogens is 3. The molecule has 4 heterocycles. The van der Waals surface area contributed by atoms with Crippen LogP contribution in [-0.2, 0) is 10.9 Å². The van der Waals surface area contributed by atoms with E-state index in [0.29, 0.717) is 30.1 Å². The van der Waals surface area contributed by atoms with Crippen LogP contribution in [0, 0.1) is 18.8 Å². The number of fused-ring (bicyclic) bond motifs is 2. The molecule has 1 aromatic carbocycles. The Morgan fingerprint density at radius 3 is 2.46 bits per heavy atom. The summed E-state index contributed by atoms with van der Waals surface area (Å²) in [6.45, 7) is 6.43. The molecular formula is C25H26F3N5O3S. The highest BCUT2D eigenvalue weighted by Gasteiger charge is 2.39. The van der Waals surface area contributed by atoms with E-state index in [0.717, 1.165) is 40.9 Å². The van der Waals surface area contributed by atoms with Crippen LogP contribution in [0.4, 0.5) is 13.2 Å². The summed E-state index contributed by atoms with van der Waals surface area (Å²) in [5.74, 6) is -0.660. The van der Waals surface area contributed by atoms with E-state index in [1.165, 1.54) is 11.3 Å². The molecule has 2 N–H and O–H groups in total. The van der Waals surface area contributed by atoms with Gasteiger partial charge in [-0.05, 0) is 32.0 Å². The van der Waals surface area contributed by atoms with Gasteiger partial charge in [-0.25, -0.2) is 15.0 Å². The van der Waals surface area contributed by atoms with E-state index in [1.807, 2.05) is 13.0 Å². The molecule has 2 unspecified atom stereocenters. The Hall–Kier alpha value is -3.09. The molecule has 196 valence electrons. The standard InChI is InChI=1S/C25H26F3N5O3S/c1-13-6-30-23(37-13)16-3-15(4-20(5-16)36-21-18-7-29-8-19(21)12-35-11-18)22(34)33-14(2)17-9-31-24(32-10-17)25(26,27)28/h3-6,9-10,14,18-19,21,29H,7-8,11-12H2,1-2H3,(H,33,34)/t14-,18?,19?,21?/m1/s1. The van der Waals surface area contributed by atoms with Crippen LogP contribution in [0.2, 0.25) is 0 Å². The summed E-state index contributed by atoms with van der Waals surface area (Å²) in [6.07, 6.45) is -0.754. The maximum Gasteiger partial charge on any atom is 0.451 e. The first-order valence-electron chi connectivity index (χ1n) is 11.9. The fourth-order valence-electron chi connectivity index (χ4n) is 4.58. The van der Waals surface area contributed by atoms with E-state index in [1.54, 1.807) is 25.3 Å². The molecule has 2 bridgehead atoms. The molecule has 2 aliphatic heterocycles. The summed E-state index contributed by atoms with van der Waals surface area (Å²) in [7, 11) is 0. The van der Waals surface area contributed by atoms with Gasteiger partial charge in [0.25, 0.3) is 5.91 Å². The van der Waals surface area contributed by atoms with Crippen LogP contribution >= 0.6 is 11.3 Å². The first kappa shape index (κ1) is 25.6. The Morgan fingerprint density at radius 2 is 1.84 bits per heavy atom. The molecule has 2 fully saturated rings. The normalized spacial score (nSPS) is 22.4. The van der Waals surface area contributed by atoms with E-state index in [-0.39, 0.29) is 17.9 Å². The summed E-state index contributed by atoms with van der Waals surface area (Å²) in [4.78, 5) is 25.5. The zero-order chi connectivity index (χ0) is 26.2. The lowest BCUT2D eigenvalue weighted by molar-refractivity contribution is -0.145. The van der Waals surface area contributed by atoms with Gasteiger partial charge in [0.15, 0.2) is 0 Å². The van der Waals surface area contributed by atoms with Gasteiger partial charge in [0.05, 0.1) is 19.3 Å². The second-order valence-electron chi connectivity index (χ2n) is 9.35. The predicted octanol–water partition coefficient (Wildman–Crippen LogP) is 4.03. The Balaban J connectivity index is 1.39. The third-order valence-electron chi connectivity index (χ3n) is 6.49. The molecule has 0 aliphatic carbocycles. The number of benzene rings is 1. The number of halogens is 3. The van der Waals surface area contributed by atoms with E-state index in [2.05, 4.69) is 25.6 Å². The summed E-state index contributed by atoms with van der Waals surface area (Å²) < 4.78 is 50.5. The van der Waals surface area contributed by atoms with Crippen molar-refractivity contribution in [1.82, 2.24) is 25.6 Å². The van der Waals surface area contributed by atoms with Gasteiger partial charge < -0.3 is 20.1 Å². The second-order valence-corrected chi connectivity index (χ2v) is 10.6. The monoisotopic (exact) mass is 533 g/mol. The van der Waals surface area contributed by atoms with Crippen molar-refractivity contribution in [3.8, 4) is 16.3 Å². The molecule has 3 atom stereocenters. The molecular weight excluding hydrogens is 507 g/mol. The van der Waals surface area contributed by atoms with Gasteiger partial charge in [-0.15, -0.1) is 11.3 Å². The second kappa shape index (κ2) is 10.3. The van der Waals surface area contributed by atoms with E-state index in [9.17, 15) is 18.0 Å². The average molecular weight is 534 g/mol. The lowest BCUT2D eigenvalue weighted by Crippen LogP contribution is -2.56. The number of rotatable bonds is 6. The van der Waals surface area contributed by atoms with Crippen LogP contribution in [0.3, 0.4) is 0 Å². The number of nitrogens with zero attached hydrogens (tertiary/aromatic N) is 3. The number of aryl methyl sites for hydroxylation is 1. The smallest absolute Gasteiger partial charge is 0.451 e. The van der Waals surface area contributed by atoms with Crippen LogP contribution in [0.1, 0.15) is 39.6 Å². The van der Waals surface area contributed by atoms with Gasteiger partial charge in [-0.1, -0.05) is 0 Å². The molecule has 2 saturated heterocycles. The van der Waals surface area contributed by atoms with Gasteiger partial charge in [0, 0.05) is 65.1 Å². The minimum atomic E-state index is -4.63. The fraction of sp³-hybridized carbons (Fsp3) is 0.440. The van der Waals surface area contributed by atoms with Gasteiger partial charge in [-0.3, -0.25) is 4.79 Å². The third kappa shape index (κ3) is 5.76. The number of amides is 1. The molecule has 2 aliphatic rings. The maximum absolute atomic E-state index is 13.2. The highest BCUT2D eigenvalue weighted by atomic mass is 32.1. The number of carbonyl (C=O) groups is 1. The van der Waals surface area contributed by atoms with Gasteiger partial charge >= 0.3 is 6.18 Å². The number of thiazole rings is 1. The SMILES string of the molecule is Cc1cnc(-c2cc(OC3C4CNCC3COC4)cc(C(=O)N[C@H](C)c3cnc(C(F)(F)F)nc3)c2)s1. The molecule has 1 amide bonds. The van der Waals surface area contributed by atoms with E-state index in [4.69, 9.17) is 9.47 Å². The maximum atomic E-state index is 13.2. The lowest BCUT2D eigenvalue weighted by Gasteiger charge is -2.42. The molecule has 0 spiro atoms. The van der Waals surface area contributed by atoms with Crippen molar-refractivity contribution in [2.45, 2.75) is 32.2 Å². The van der Waals surface area contributed by atoms with Crippen LogP contribution in [0.5, 0.6) is 5.75 Å². The molecule has 8 nitrogen and oxygen atoms in total. The quantitative estimate of drug-likeness (QED) is 0.494. The summed E-state index contributed by atoms with van der Waals surface area (Å²) in [5, 5.41) is 7.00. The molecule has 2 aromatic heterocycles. The highest BCUT2D eigenvalue weighted by Crippen LogP contribution is 2.33. The third-order valence-corrected chi connectivity index (χ3v) is 7.45. The van der Waals surface area contributed by atoms with Crippen molar-refractivity contribution in [2.24, 2.45) is 11.8 Å². The molecule has 0 saturated carbocycles. The largest absolute Gasteiger partial charge is 0.490 e. The first-order valence-corrected chi connectivity index (χ1v) is 12.7. The first-order chi connectivity index (χ1) is 17.7. The number of piperidine rings is 1. The fourth-order valence-corrected chi connectivity index (χ4v) is 5.33. The van der Waals surface area contributed by atoms with Crippen molar-refractivity contribution < 1.29 is 27.4 Å². The van der Waals surface area contributed by atoms with Gasteiger partial charge in [0.1, 0.15) is 16.9 Å². The van der Waals surface area contributed by atoms with Gasteiger partial charge in [-0.2, -0.15) is 13.2 Å². The van der Waals surface area contributed by atoms with Crippen molar-refractivity contribution in [3.05, 3.63) is 58.6 Å². The number of carbonyl (C=O) groups excluding carboxylic acids is 1. The lowest BCUT2D eigenvalue weighted by atomic mass is 9.85. The van der Waals surface area contributed by atoms with Crippen molar-refractivity contribution >= 4 is 17.2 Å². The minimum Gasteiger partial charge on any atom is -0.490 e. The average Bonchev–Trinajstić information content (AvgIpc) is 3.29. The Kier molecular flexibility index (Phi) is 7.15. The number of alkyl halides is 3. The van der Waals surface area contributed by atoms with E-state index < -0.39 is 23.9 Å². The van der Waals surface area contributed by atoms with Gasteiger partial charge in [0.2, 0.25) is 5.82 Å². The Morgan fingerprint density at radius 1 is 1.14 bits per heavy atom. The van der Waals surface area contributed by atoms with Crippen LogP contribution < -0.4 is 15.4 Å². The summed E-state index contributed by atoms with van der Waals surface area (Å²) in [6, 6.07) is 4.70. The van der Waals surface area contributed by atoms with Crippen molar-refractivity contribution in [1.29, 1.82) is 0 Å². The highest BCUT2D eigenvalue weighted by molar-refractivity contribution is 7.14. The zero-order valence-electron chi connectivity index (χ0n) is 20.2. The van der Waals surface area contributed by atoms with Crippen LogP contribution in [0.15, 0.2) is 36.8 Å². The molecule has 0 radical (unpaired) electrons. The number of ether oxygens (including phenoxy) is 2. The predicted molar refractivity (Wildman–Crippen MR) is 130 cm³/mol. The van der Waals surface area contributed by atoms with Crippen LogP contribution in [-0.4, -0.2) is 53.3 Å². The molecule has 37 heavy (non-hydrogen) atoms. The topological polar surface area (TPSA) is 98.3 Å². The number of hydrogen-bond acceptors (Lipinski definition) is 8. The zero-order valence-corrected chi connectivity index (χ0v) is 21.0. The molecule has 3 aromatic rings. The molecule has 5 rings (SSSR count). The Labute approximate surface area is 215 Å². The number of nitrogens with one attached hydrogen (secondary N) is 2. The van der Waals surface area contributed by atoms with Crippen molar-refractivity contribution in [2.75, 3.05) is 26.3 Å². The summed E-state index contributed by atoms with van der Waals surface area (Å²) in [5.41, 5.74) is 1.46. The number of hydrogen-bond donors (Lipinski definition) is 2. The Bertz CT molecular complexity index is 1250. The van der Waals surface area contributed by atoms with E-state index >= 15 is 0 Å². The van der Waals surface area contributed by atoms with Crippen molar-refractivity contribution in [3.63, 3.8) is 0 Å². The van der Waals surface area contributed by atoms with Crippen LogP contribution in [0.25, 0.3) is 10.6 Å². The molecule has 12 heteroatoms. The summed E-state index contributed by atoms with van der Waals surface area (Å²) >= 11 is 1.51. The minimum absolute atomic E-state index is 0.0394.